The molecular formula is C18H23NO2S2. The van der Waals surface area contributed by atoms with Crippen LogP contribution in [0.5, 0.6) is 0 Å². The Bertz CT molecular complexity index is 737. The Labute approximate surface area is 143 Å². The van der Waals surface area contributed by atoms with Crippen LogP contribution in [0.2, 0.25) is 0 Å². The minimum atomic E-state index is -3.31. The number of hydrogen-bond acceptors (Lipinski definition) is 3. The lowest BCUT2D eigenvalue weighted by molar-refractivity contribution is 0.332. The SMILES string of the molecule is Cc1ccsc1C1CCCCCN1S(=O)(=O)Cc1ccccc1. The van der Waals surface area contributed by atoms with Gasteiger partial charge >= 0.3 is 0 Å². The van der Waals surface area contributed by atoms with Crippen molar-refractivity contribution in [3.05, 3.63) is 57.8 Å². The van der Waals surface area contributed by atoms with E-state index in [2.05, 4.69) is 18.4 Å². The summed E-state index contributed by atoms with van der Waals surface area (Å²) < 4.78 is 27.9. The number of benzene rings is 1. The Hall–Kier alpha value is -1.17. The molecule has 5 heteroatoms. The van der Waals surface area contributed by atoms with E-state index in [1.807, 2.05) is 30.3 Å². The summed E-state index contributed by atoms with van der Waals surface area (Å²) in [6.45, 7) is 2.72. The standard InChI is InChI=1S/C18H23NO2S2/c1-15-11-13-22-18(15)17-10-6-3-7-12-19(17)23(20,21)14-16-8-4-2-5-9-16/h2,4-5,8-9,11,13,17H,3,6-7,10,12,14H2,1H3. The van der Waals surface area contributed by atoms with Crippen LogP contribution >= 0.6 is 11.3 Å². The predicted molar refractivity (Wildman–Crippen MR) is 96.0 cm³/mol. The van der Waals surface area contributed by atoms with Gasteiger partial charge in [0, 0.05) is 11.4 Å². The van der Waals surface area contributed by atoms with Crippen LogP contribution in [0.1, 0.15) is 47.7 Å². The molecule has 23 heavy (non-hydrogen) atoms. The van der Waals surface area contributed by atoms with Crippen LogP contribution < -0.4 is 0 Å². The number of sulfonamides is 1. The lowest BCUT2D eigenvalue weighted by Gasteiger charge is -2.29. The van der Waals surface area contributed by atoms with Gasteiger partial charge in [0.05, 0.1) is 11.8 Å². The van der Waals surface area contributed by atoms with Gasteiger partial charge in [-0.3, -0.25) is 0 Å². The summed E-state index contributed by atoms with van der Waals surface area (Å²) in [5, 5.41) is 2.07. The van der Waals surface area contributed by atoms with E-state index < -0.39 is 10.0 Å². The predicted octanol–water partition coefficient (Wildman–Crippen LogP) is 4.50. The zero-order valence-electron chi connectivity index (χ0n) is 13.4. The average Bonchev–Trinajstić information content (AvgIpc) is 2.80. The molecule has 3 nitrogen and oxygen atoms in total. The van der Waals surface area contributed by atoms with E-state index in [0.717, 1.165) is 31.2 Å². The highest BCUT2D eigenvalue weighted by Gasteiger charge is 2.33. The van der Waals surface area contributed by atoms with Crippen molar-refractivity contribution in [1.29, 1.82) is 0 Å². The van der Waals surface area contributed by atoms with Crippen molar-refractivity contribution >= 4 is 21.4 Å². The number of rotatable bonds is 4. The third kappa shape index (κ3) is 3.84. The van der Waals surface area contributed by atoms with Crippen molar-refractivity contribution in [2.24, 2.45) is 0 Å². The van der Waals surface area contributed by atoms with E-state index in [9.17, 15) is 8.42 Å². The first-order valence-corrected chi connectivity index (χ1v) is 10.6. The van der Waals surface area contributed by atoms with E-state index in [1.165, 1.54) is 10.4 Å². The minimum absolute atomic E-state index is 0.00575. The zero-order valence-corrected chi connectivity index (χ0v) is 15.1. The Morgan fingerprint density at radius 1 is 1.13 bits per heavy atom. The molecule has 1 aromatic carbocycles. The van der Waals surface area contributed by atoms with E-state index in [-0.39, 0.29) is 11.8 Å². The fourth-order valence-corrected chi connectivity index (χ4v) is 6.20. The van der Waals surface area contributed by atoms with Crippen LogP contribution in [0, 0.1) is 6.92 Å². The smallest absolute Gasteiger partial charge is 0.212 e. The summed E-state index contributed by atoms with van der Waals surface area (Å²) in [6.07, 6.45) is 4.09. The third-order valence-electron chi connectivity index (χ3n) is 4.46. The van der Waals surface area contributed by atoms with Crippen LogP contribution in [0.25, 0.3) is 0 Å². The van der Waals surface area contributed by atoms with Gasteiger partial charge in [0.1, 0.15) is 0 Å². The summed E-state index contributed by atoms with van der Waals surface area (Å²) >= 11 is 1.69. The molecule has 0 amide bonds. The van der Waals surface area contributed by atoms with E-state index in [4.69, 9.17) is 0 Å². The van der Waals surface area contributed by atoms with Crippen molar-refractivity contribution in [1.82, 2.24) is 4.31 Å². The number of hydrogen-bond donors (Lipinski definition) is 0. The molecule has 1 unspecified atom stereocenters. The van der Waals surface area contributed by atoms with Crippen LogP contribution in [-0.4, -0.2) is 19.3 Å². The van der Waals surface area contributed by atoms with Crippen molar-refractivity contribution in [2.45, 2.75) is 44.4 Å². The van der Waals surface area contributed by atoms with Gasteiger partial charge in [-0.2, -0.15) is 4.31 Å². The fraction of sp³-hybridized carbons (Fsp3) is 0.444. The molecule has 0 spiro atoms. The molecule has 1 saturated heterocycles. The number of aryl methyl sites for hydroxylation is 1. The van der Waals surface area contributed by atoms with E-state index in [0.29, 0.717) is 6.54 Å². The molecule has 0 saturated carbocycles. The number of thiophene rings is 1. The summed E-state index contributed by atoms with van der Waals surface area (Å²) in [6, 6.07) is 11.6. The normalized spacial score (nSPS) is 20.3. The van der Waals surface area contributed by atoms with Crippen molar-refractivity contribution < 1.29 is 8.42 Å². The third-order valence-corrected chi connectivity index (χ3v) is 7.43. The lowest BCUT2D eigenvalue weighted by atomic mass is 10.1. The van der Waals surface area contributed by atoms with Gasteiger partial charge in [0.25, 0.3) is 0 Å². The second-order valence-corrected chi connectivity index (χ2v) is 9.05. The summed E-state index contributed by atoms with van der Waals surface area (Å²) in [5.41, 5.74) is 2.07. The second-order valence-electron chi connectivity index (χ2n) is 6.19. The Morgan fingerprint density at radius 2 is 1.91 bits per heavy atom. The van der Waals surface area contributed by atoms with Gasteiger partial charge in [0.15, 0.2) is 0 Å². The van der Waals surface area contributed by atoms with Gasteiger partial charge in [-0.25, -0.2) is 8.42 Å². The molecule has 1 fully saturated rings. The minimum Gasteiger partial charge on any atom is -0.212 e. The lowest BCUT2D eigenvalue weighted by Crippen LogP contribution is -2.35. The highest BCUT2D eigenvalue weighted by Crippen LogP contribution is 2.37. The summed E-state index contributed by atoms with van der Waals surface area (Å²) in [4.78, 5) is 1.21. The number of nitrogens with zero attached hydrogens (tertiary/aromatic N) is 1. The molecule has 1 atom stereocenters. The van der Waals surface area contributed by atoms with Gasteiger partial charge in [-0.05, 0) is 42.3 Å². The van der Waals surface area contributed by atoms with Crippen molar-refractivity contribution in [2.75, 3.05) is 6.54 Å². The average molecular weight is 350 g/mol. The maximum absolute atomic E-state index is 13.1. The van der Waals surface area contributed by atoms with Crippen molar-refractivity contribution in [3.63, 3.8) is 0 Å². The second kappa shape index (κ2) is 7.16. The highest BCUT2D eigenvalue weighted by atomic mass is 32.2. The molecule has 2 aromatic rings. The topological polar surface area (TPSA) is 37.4 Å². The molecule has 1 aromatic heterocycles. The Morgan fingerprint density at radius 3 is 2.61 bits per heavy atom. The Balaban J connectivity index is 1.91. The first kappa shape index (κ1) is 16.7. The molecule has 0 bridgehead atoms. The molecule has 1 aliphatic heterocycles. The van der Waals surface area contributed by atoms with E-state index in [1.54, 1.807) is 15.6 Å². The highest BCUT2D eigenvalue weighted by molar-refractivity contribution is 7.88. The van der Waals surface area contributed by atoms with Crippen LogP contribution in [0.3, 0.4) is 0 Å². The fourth-order valence-electron chi connectivity index (χ4n) is 3.27. The zero-order chi connectivity index (χ0) is 16.3. The van der Waals surface area contributed by atoms with Crippen molar-refractivity contribution in [3.8, 4) is 0 Å². The molecule has 1 aliphatic rings. The monoisotopic (exact) mass is 349 g/mol. The van der Waals surface area contributed by atoms with Gasteiger partial charge in [-0.1, -0.05) is 43.2 Å². The van der Waals surface area contributed by atoms with E-state index >= 15 is 0 Å². The van der Waals surface area contributed by atoms with Gasteiger partial charge < -0.3 is 0 Å². The quantitative estimate of drug-likeness (QED) is 0.815. The molecule has 2 heterocycles. The first-order valence-electron chi connectivity index (χ1n) is 8.15. The molecule has 0 aliphatic carbocycles. The van der Waals surface area contributed by atoms with Crippen LogP contribution in [0.4, 0.5) is 0 Å². The Kier molecular flexibility index (Phi) is 5.19. The van der Waals surface area contributed by atoms with Gasteiger partial charge in [-0.15, -0.1) is 11.3 Å². The largest absolute Gasteiger partial charge is 0.218 e. The molecule has 3 rings (SSSR count). The molecule has 124 valence electrons. The molecular weight excluding hydrogens is 326 g/mol. The maximum atomic E-state index is 13.1. The van der Waals surface area contributed by atoms with Crippen LogP contribution in [0.15, 0.2) is 41.8 Å². The molecule has 0 radical (unpaired) electrons. The van der Waals surface area contributed by atoms with Gasteiger partial charge in [0.2, 0.25) is 10.0 Å². The van der Waals surface area contributed by atoms with Crippen LogP contribution in [-0.2, 0) is 15.8 Å². The maximum Gasteiger partial charge on any atom is 0.218 e. The first-order chi connectivity index (χ1) is 11.1. The molecule has 0 N–H and O–H groups in total. The summed E-state index contributed by atoms with van der Waals surface area (Å²) in [7, 11) is -3.31. The summed E-state index contributed by atoms with van der Waals surface area (Å²) in [5.74, 6) is 0.0920.